The number of anilines is 2. The Balaban J connectivity index is 1.48. The summed E-state index contributed by atoms with van der Waals surface area (Å²) in [5.74, 6) is -0.202. The maximum Gasteiger partial charge on any atom is 0.126 e. The molecule has 34 heavy (non-hydrogen) atoms. The first-order chi connectivity index (χ1) is 16.5. The molecule has 0 amide bonds. The highest BCUT2D eigenvalue weighted by Gasteiger charge is 2.37. The largest absolute Gasteiger partial charge is 0.377 e. The number of hydrogen-bond acceptors (Lipinski definition) is 6. The van der Waals surface area contributed by atoms with Crippen molar-refractivity contribution >= 4 is 22.3 Å². The number of rotatable bonds is 3. The van der Waals surface area contributed by atoms with Crippen molar-refractivity contribution < 1.29 is 9.13 Å². The molecule has 2 N–H and O–H groups in total. The highest BCUT2D eigenvalue weighted by molar-refractivity contribution is 5.99. The molecule has 0 spiro atoms. The molecule has 0 aliphatic carbocycles. The van der Waals surface area contributed by atoms with E-state index >= 15 is 0 Å². The molecule has 0 bridgehead atoms. The zero-order valence-corrected chi connectivity index (χ0v) is 18.7. The standard InChI is InChI=1S/C27H22FN5O/c1-16-8-24-18(10-22(16)28)6-7-33(24)26-20(11-29)13-31-23-4-2-17(9-21(23)26)19-3-5-25(32-12-19)27(30)14-34-15-27/h2-5,8-10,12-13H,6-7,14-15,30H2,1H3. The molecule has 0 unspecified atom stereocenters. The number of aryl methyl sites for hydroxylation is 1. The van der Waals surface area contributed by atoms with Gasteiger partial charge in [0.25, 0.3) is 0 Å². The molecule has 168 valence electrons. The van der Waals surface area contributed by atoms with Gasteiger partial charge in [-0.25, -0.2) is 4.39 Å². The van der Waals surface area contributed by atoms with E-state index in [1.807, 2.05) is 42.6 Å². The maximum absolute atomic E-state index is 14.2. The summed E-state index contributed by atoms with van der Waals surface area (Å²) in [6.45, 7) is 3.38. The van der Waals surface area contributed by atoms with E-state index in [0.29, 0.717) is 30.9 Å². The van der Waals surface area contributed by atoms with Gasteiger partial charge in [-0.2, -0.15) is 5.26 Å². The molecule has 6 nitrogen and oxygen atoms in total. The van der Waals surface area contributed by atoms with Gasteiger partial charge in [0.15, 0.2) is 0 Å². The molecule has 2 aliphatic heterocycles. The van der Waals surface area contributed by atoms with Crippen LogP contribution in [-0.2, 0) is 16.7 Å². The molecule has 1 fully saturated rings. The summed E-state index contributed by atoms with van der Waals surface area (Å²) < 4.78 is 19.4. The quantitative estimate of drug-likeness (QED) is 0.494. The molecule has 2 aliphatic rings. The fraction of sp³-hybridized carbons (Fsp3) is 0.222. The molecule has 2 aromatic carbocycles. The van der Waals surface area contributed by atoms with Crippen LogP contribution in [0.1, 0.15) is 22.4 Å². The zero-order valence-electron chi connectivity index (χ0n) is 18.7. The number of nitrogens with two attached hydrogens (primary N) is 1. The average Bonchev–Trinajstić information content (AvgIpc) is 3.23. The van der Waals surface area contributed by atoms with E-state index in [0.717, 1.165) is 51.1 Å². The van der Waals surface area contributed by atoms with Crippen molar-refractivity contribution in [2.24, 2.45) is 5.73 Å². The minimum Gasteiger partial charge on any atom is -0.377 e. The van der Waals surface area contributed by atoms with Crippen molar-refractivity contribution in [2.45, 2.75) is 18.9 Å². The smallest absolute Gasteiger partial charge is 0.126 e. The summed E-state index contributed by atoms with van der Waals surface area (Å²) in [5, 5.41) is 10.8. The maximum atomic E-state index is 14.2. The third kappa shape index (κ3) is 3.15. The van der Waals surface area contributed by atoms with Crippen LogP contribution < -0.4 is 10.6 Å². The number of pyridine rings is 2. The van der Waals surface area contributed by atoms with E-state index < -0.39 is 5.54 Å². The van der Waals surface area contributed by atoms with Crippen LogP contribution in [-0.4, -0.2) is 29.7 Å². The average molecular weight is 452 g/mol. The summed E-state index contributed by atoms with van der Waals surface area (Å²) in [4.78, 5) is 11.2. The first-order valence-corrected chi connectivity index (χ1v) is 11.2. The summed E-state index contributed by atoms with van der Waals surface area (Å²) in [6, 6.07) is 15.7. The second-order valence-corrected chi connectivity index (χ2v) is 9.08. The van der Waals surface area contributed by atoms with E-state index in [-0.39, 0.29) is 5.82 Å². The lowest BCUT2D eigenvalue weighted by atomic mass is 9.93. The van der Waals surface area contributed by atoms with Crippen molar-refractivity contribution in [3.05, 3.63) is 83.1 Å². The number of aromatic nitrogens is 2. The summed E-state index contributed by atoms with van der Waals surface area (Å²) in [6.07, 6.45) is 4.16. The number of hydrogen-bond donors (Lipinski definition) is 1. The molecule has 6 rings (SSSR count). The lowest BCUT2D eigenvalue weighted by molar-refractivity contribution is -0.0590. The SMILES string of the molecule is Cc1cc2c(cc1F)CCN2c1c(C#N)cnc2ccc(-c3ccc(C4(N)COC4)nc3)cc12. The fourth-order valence-electron chi connectivity index (χ4n) is 4.80. The van der Waals surface area contributed by atoms with E-state index in [1.54, 1.807) is 19.2 Å². The Labute approximate surface area is 196 Å². The second kappa shape index (κ2) is 7.59. The molecule has 0 atom stereocenters. The zero-order chi connectivity index (χ0) is 23.4. The topological polar surface area (TPSA) is 88.1 Å². The van der Waals surface area contributed by atoms with Crippen molar-refractivity contribution in [2.75, 3.05) is 24.7 Å². The Morgan fingerprint density at radius 3 is 2.62 bits per heavy atom. The predicted octanol–water partition coefficient (Wildman–Crippen LogP) is 4.49. The van der Waals surface area contributed by atoms with Gasteiger partial charge >= 0.3 is 0 Å². The summed E-state index contributed by atoms with van der Waals surface area (Å²) >= 11 is 0. The Morgan fingerprint density at radius 1 is 1.09 bits per heavy atom. The third-order valence-electron chi connectivity index (χ3n) is 6.81. The molecule has 2 aromatic heterocycles. The van der Waals surface area contributed by atoms with Crippen molar-refractivity contribution in [1.82, 2.24) is 9.97 Å². The third-order valence-corrected chi connectivity index (χ3v) is 6.81. The van der Waals surface area contributed by atoms with Gasteiger partial charge < -0.3 is 15.4 Å². The molecule has 7 heteroatoms. The van der Waals surface area contributed by atoms with Gasteiger partial charge in [-0.05, 0) is 60.4 Å². The molecule has 4 heterocycles. The Morgan fingerprint density at radius 2 is 1.91 bits per heavy atom. The van der Waals surface area contributed by atoms with Crippen molar-refractivity contribution in [3.63, 3.8) is 0 Å². The molecule has 0 saturated carbocycles. The number of nitriles is 1. The Bertz CT molecular complexity index is 1490. The minimum absolute atomic E-state index is 0.202. The van der Waals surface area contributed by atoms with Crippen LogP contribution in [0, 0.1) is 24.1 Å². The Kier molecular flexibility index (Phi) is 4.63. The van der Waals surface area contributed by atoms with Crippen LogP contribution in [0.25, 0.3) is 22.0 Å². The van der Waals surface area contributed by atoms with Gasteiger partial charge in [0.2, 0.25) is 0 Å². The Hall–Kier alpha value is -3.86. The van der Waals surface area contributed by atoms with Crippen LogP contribution in [0.4, 0.5) is 15.8 Å². The van der Waals surface area contributed by atoms with Crippen LogP contribution in [0.2, 0.25) is 0 Å². The highest BCUT2D eigenvalue weighted by atomic mass is 19.1. The van der Waals surface area contributed by atoms with E-state index in [4.69, 9.17) is 10.5 Å². The number of halogens is 1. The normalized spacial score (nSPS) is 16.2. The first kappa shape index (κ1) is 20.7. The molecule has 1 saturated heterocycles. The van der Waals surface area contributed by atoms with Gasteiger partial charge in [-0.1, -0.05) is 12.1 Å². The van der Waals surface area contributed by atoms with E-state index in [2.05, 4.69) is 20.9 Å². The van der Waals surface area contributed by atoms with Crippen LogP contribution in [0.5, 0.6) is 0 Å². The number of ether oxygens (including phenoxy) is 1. The van der Waals surface area contributed by atoms with Crippen molar-refractivity contribution in [3.8, 4) is 17.2 Å². The molecular weight excluding hydrogens is 429 g/mol. The fourth-order valence-corrected chi connectivity index (χ4v) is 4.80. The van der Waals surface area contributed by atoms with E-state index in [9.17, 15) is 9.65 Å². The molecule has 0 radical (unpaired) electrons. The molecule has 4 aromatic rings. The van der Waals surface area contributed by atoms with E-state index in [1.165, 1.54) is 0 Å². The summed E-state index contributed by atoms with van der Waals surface area (Å²) in [5.41, 5.74) is 13.1. The predicted molar refractivity (Wildman–Crippen MR) is 128 cm³/mol. The monoisotopic (exact) mass is 451 g/mol. The van der Waals surface area contributed by atoms with Crippen LogP contribution in [0.15, 0.2) is 54.9 Å². The molecular formula is C27H22FN5O. The number of nitrogens with zero attached hydrogens (tertiary/aromatic N) is 4. The number of benzene rings is 2. The van der Waals surface area contributed by atoms with Crippen LogP contribution >= 0.6 is 0 Å². The lowest BCUT2D eigenvalue weighted by Gasteiger charge is -2.37. The second-order valence-electron chi connectivity index (χ2n) is 9.08. The van der Waals surface area contributed by atoms with Gasteiger partial charge in [-0.15, -0.1) is 0 Å². The van der Waals surface area contributed by atoms with Gasteiger partial charge in [0.1, 0.15) is 17.4 Å². The lowest BCUT2D eigenvalue weighted by Crippen LogP contribution is -2.54. The highest BCUT2D eigenvalue weighted by Crippen LogP contribution is 2.41. The van der Waals surface area contributed by atoms with Crippen LogP contribution in [0.3, 0.4) is 0 Å². The van der Waals surface area contributed by atoms with Crippen molar-refractivity contribution in [1.29, 1.82) is 5.26 Å². The van der Waals surface area contributed by atoms with Gasteiger partial charge in [0.05, 0.1) is 35.7 Å². The van der Waals surface area contributed by atoms with Gasteiger partial charge in [0, 0.05) is 35.6 Å². The first-order valence-electron chi connectivity index (χ1n) is 11.2. The minimum atomic E-state index is -0.512. The number of fused-ring (bicyclic) bond motifs is 2. The summed E-state index contributed by atoms with van der Waals surface area (Å²) in [7, 11) is 0. The van der Waals surface area contributed by atoms with Gasteiger partial charge in [-0.3, -0.25) is 9.97 Å².